The molecule has 4 nitrogen and oxygen atoms in total. The molecule has 0 saturated heterocycles. The maximum absolute atomic E-state index is 12.0. The zero-order valence-corrected chi connectivity index (χ0v) is 12.3. The van der Waals surface area contributed by atoms with Crippen LogP contribution in [0.1, 0.15) is 32.3 Å². The highest BCUT2D eigenvalue weighted by atomic mass is 16.5. The maximum Gasteiger partial charge on any atom is 0.414 e. The molecule has 0 saturated carbocycles. The number of benzene rings is 1. The average Bonchev–Trinajstić information content (AvgIpc) is 2.45. The first-order chi connectivity index (χ1) is 9.60. The second kappa shape index (κ2) is 6.20. The Kier molecular flexibility index (Phi) is 4.58. The van der Waals surface area contributed by atoms with Crippen molar-refractivity contribution in [1.82, 2.24) is 0 Å². The monoisotopic (exact) mass is 273 g/mol. The number of fused-ring (bicyclic) bond motifs is 1. The molecular weight excluding hydrogens is 253 g/mol. The summed E-state index contributed by atoms with van der Waals surface area (Å²) < 4.78 is 10.7. The fourth-order valence-corrected chi connectivity index (χ4v) is 2.57. The molecule has 1 aliphatic rings. The molecule has 1 aliphatic heterocycles. The van der Waals surface area contributed by atoms with E-state index in [0.29, 0.717) is 17.8 Å². The Balaban J connectivity index is 2.45. The van der Waals surface area contributed by atoms with Gasteiger partial charge in [-0.05, 0) is 32.3 Å². The molecule has 106 valence electrons. The Morgan fingerprint density at radius 3 is 2.90 bits per heavy atom. The van der Waals surface area contributed by atoms with Gasteiger partial charge in [0.2, 0.25) is 0 Å². The molecule has 0 spiro atoms. The minimum atomic E-state index is -0.343. The first-order valence-corrected chi connectivity index (χ1v) is 7.01. The van der Waals surface area contributed by atoms with Crippen molar-refractivity contribution >= 4 is 25.1 Å². The lowest BCUT2D eigenvalue weighted by Gasteiger charge is -2.35. The van der Waals surface area contributed by atoms with Gasteiger partial charge in [0.1, 0.15) is 13.6 Å². The highest BCUT2D eigenvalue weighted by Crippen LogP contribution is 2.36. The van der Waals surface area contributed by atoms with E-state index in [1.807, 2.05) is 13.0 Å². The normalized spacial score (nSPS) is 17.6. The van der Waals surface area contributed by atoms with E-state index < -0.39 is 0 Å². The molecular formula is C15H20BNO3. The molecule has 2 rings (SSSR count). The SMILES string of the molecule is [B]c1ccc2c(c1OCCC)CC[C@H](C)N2C(=O)OC. The highest BCUT2D eigenvalue weighted by Gasteiger charge is 2.31. The standard InChI is InChI=1S/C15H20BNO3/c1-4-9-20-14-11-6-5-10(2)17(15(18)19-3)13(11)8-7-12(14)16/h7-8,10H,4-6,9H2,1-3H3/t10-/m0/s1. The third-order valence-corrected chi connectivity index (χ3v) is 3.60. The van der Waals surface area contributed by atoms with Gasteiger partial charge in [-0.2, -0.15) is 0 Å². The van der Waals surface area contributed by atoms with Crippen LogP contribution in [0.3, 0.4) is 0 Å². The summed E-state index contributed by atoms with van der Waals surface area (Å²) in [5.74, 6) is 0.713. The van der Waals surface area contributed by atoms with Gasteiger partial charge in [-0.15, -0.1) is 0 Å². The summed E-state index contributed by atoms with van der Waals surface area (Å²) in [4.78, 5) is 13.7. The van der Waals surface area contributed by atoms with Crippen molar-refractivity contribution in [2.24, 2.45) is 0 Å². The Hall–Kier alpha value is -1.65. The van der Waals surface area contributed by atoms with Crippen LogP contribution in [0.5, 0.6) is 5.75 Å². The number of carbonyl (C=O) groups excluding carboxylic acids is 1. The first-order valence-electron chi connectivity index (χ1n) is 7.01. The first kappa shape index (κ1) is 14.8. The number of anilines is 1. The van der Waals surface area contributed by atoms with Crippen LogP contribution < -0.4 is 15.1 Å². The van der Waals surface area contributed by atoms with Crippen molar-refractivity contribution in [2.45, 2.75) is 39.2 Å². The Labute approximate surface area is 121 Å². The maximum atomic E-state index is 12.0. The van der Waals surface area contributed by atoms with Gasteiger partial charge in [0.15, 0.2) is 0 Å². The van der Waals surface area contributed by atoms with Crippen LogP contribution in [0.4, 0.5) is 10.5 Å². The molecule has 0 fully saturated rings. The number of ether oxygens (including phenoxy) is 2. The number of amides is 1. The molecule has 0 bridgehead atoms. The van der Waals surface area contributed by atoms with E-state index in [9.17, 15) is 4.79 Å². The fraction of sp³-hybridized carbons (Fsp3) is 0.533. The molecule has 0 N–H and O–H groups in total. The van der Waals surface area contributed by atoms with Gasteiger partial charge < -0.3 is 9.47 Å². The van der Waals surface area contributed by atoms with Gasteiger partial charge >= 0.3 is 6.09 Å². The van der Waals surface area contributed by atoms with Crippen molar-refractivity contribution in [2.75, 3.05) is 18.6 Å². The number of hydrogen-bond donors (Lipinski definition) is 0. The number of methoxy groups -OCH3 is 1. The van der Waals surface area contributed by atoms with E-state index in [-0.39, 0.29) is 12.1 Å². The molecule has 0 aliphatic carbocycles. The lowest BCUT2D eigenvalue weighted by Crippen LogP contribution is -2.42. The van der Waals surface area contributed by atoms with E-state index in [1.54, 1.807) is 11.0 Å². The van der Waals surface area contributed by atoms with E-state index in [1.165, 1.54) is 7.11 Å². The Morgan fingerprint density at radius 2 is 2.25 bits per heavy atom. The van der Waals surface area contributed by atoms with E-state index >= 15 is 0 Å². The molecule has 20 heavy (non-hydrogen) atoms. The molecule has 1 heterocycles. The molecule has 0 unspecified atom stereocenters. The van der Waals surface area contributed by atoms with Gasteiger partial charge in [-0.25, -0.2) is 4.79 Å². The molecule has 5 heteroatoms. The fourth-order valence-electron chi connectivity index (χ4n) is 2.57. The van der Waals surface area contributed by atoms with Crippen LogP contribution in [-0.2, 0) is 11.2 Å². The van der Waals surface area contributed by atoms with Crippen LogP contribution in [0.25, 0.3) is 0 Å². The largest absolute Gasteiger partial charge is 0.494 e. The third kappa shape index (κ3) is 2.62. The summed E-state index contributed by atoms with van der Waals surface area (Å²) in [6.45, 7) is 4.69. The van der Waals surface area contributed by atoms with Gasteiger partial charge in [0.05, 0.1) is 19.4 Å². The van der Waals surface area contributed by atoms with Crippen LogP contribution >= 0.6 is 0 Å². The second-order valence-electron chi connectivity index (χ2n) is 5.06. The smallest absolute Gasteiger partial charge is 0.414 e. The Bertz CT molecular complexity index is 504. The summed E-state index contributed by atoms with van der Waals surface area (Å²) in [7, 11) is 7.41. The molecule has 1 aromatic carbocycles. The molecule has 0 aromatic heterocycles. The highest BCUT2D eigenvalue weighted by molar-refractivity contribution is 6.34. The van der Waals surface area contributed by atoms with E-state index in [0.717, 1.165) is 30.5 Å². The lowest BCUT2D eigenvalue weighted by molar-refractivity contribution is 0.175. The van der Waals surface area contributed by atoms with Gasteiger partial charge in [0, 0.05) is 11.6 Å². The van der Waals surface area contributed by atoms with Gasteiger partial charge in [-0.3, -0.25) is 4.90 Å². The quantitative estimate of drug-likeness (QED) is 0.792. The Morgan fingerprint density at radius 1 is 1.50 bits per heavy atom. The third-order valence-electron chi connectivity index (χ3n) is 3.60. The topological polar surface area (TPSA) is 38.8 Å². The molecule has 1 amide bonds. The minimum absolute atomic E-state index is 0.109. The predicted molar refractivity (Wildman–Crippen MR) is 80.3 cm³/mol. The van der Waals surface area contributed by atoms with Crippen LogP contribution in [0.15, 0.2) is 12.1 Å². The summed E-state index contributed by atoms with van der Waals surface area (Å²) in [5, 5.41) is 0. The molecule has 2 radical (unpaired) electrons. The van der Waals surface area contributed by atoms with Gasteiger partial charge in [0.25, 0.3) is 0 Å². The number of rotatable bonds is 3. The molecule has 1 atom stereocenters. The predicted octanol–water partition coefficient (Wildman–Crippen LogP) is 2.18. The van der Waals surface area contributed by atoms with Crippen LogP contribution in [0.2, 0.25) is 0 Å². The van der Waals surface area contributed by atoms with Crippen molar-refractivity contribution in [1.29, 1.82) is 0 Å². The average molecular weight is 273 g/mol. The summed E-state index contributed by atoms with van der Waals surface area (Å²) >= 11 is 0. The summed E-state index contributed by atoms with van der Waals surface area (Å²) in [6, 6.07) is 3.77. The second-order valence-corrected chi connectivity index (χ2v) is 5.06. The number of hydrogen-bond acceptors (Lipinski definition) is 3. The number of nitrogens with zero attached hydrogens (tertiary/aromatic N) is 1. The zero-order chi connectivity index (χ0) is 14.7. The lowest BCUT2D eigenvalue weighted by atomic mass is 9.87. The van der Waals surface area contributed by atoms with Crippen LogP contribution in [-0.4, -0.2) is 33.7 Å². The van der Waals surface area contributed by atoms with E-state index in [4.69, 9.17) is 17.3 Å². The minimum Gasteiger partial charge on any atom is -0.494 e. The van der Waals surface area contributed by atoms with Gasteiger partial charge in [-0.1, -0.05) is 18.5 Å². The number of carbonyl (C=O) groups is 1. The van der Waals surface area contributed by atoms with Crippen molar-refractivity contribution in [3.63, 3.8) is 0 Å². The molecule has 1 aromatic rings. The summed E-state index contributed by atoms with van der Waals surface area (Å²) in [6.07, 6.45) is 2.30. The summed E-state index contributed by atoms with van der Waals surface area (Å²) in [5.41, 5.74) is 2.47. The van der Waals surface area contributed by atoms with Crippen molar-refractivity contribution in [3.05, 3.63) is 17.7 Å². The zero-order valence-electron chi connectivity index (χ0n) is 12.3. The van der Waals surface area contributed by atoms with Crippen LogP contribution in [0, 0.1) is 0 Å². The van der Waals surface area contributed by atoms with E-state index in [2.05, 4.69) is 6.92 Å². The van der Waals surface area contributed by atoms with Crippen molar-refractivity contribution in [3.8, 4) is 5.75 Å². The van der Waals surface area contributed by atoms with Crippen molar-refractivity contribution < 1.29 is 14.3 Å².